The topological polar surface area (TPSA) is 170 Å². The summed E-state index contributed by atoms with van der Waals surface area (Å²) in [6.07, 6.45) is 5.66. The molecule has 31 heavy (non-hydrogen) atoms. The van der Waals surface area contributed by atoms with E-state index in [1.807, 2.05) is 6.92 Å². The zero-order chi connectivity index (χ0) is 22.4. The molecule has 0 bridgehead atoms. The summed E-state index contributed by atoms with van der Waals surface area (Å²) in [4.78, 5) is 41.6. The summed E-state index contributed by atoms with van der Waals surface area (Å²) >= 11 is 0. The van der Waals surface area contributed by atoms with Gasteiger partial charge in [0.25, 0.3) is 18.3 Å². The number of amides is 2. The Morgan fingerprint density at radius 3 is 2.65 bits per heavy atom. The molecular formula is C18H26N8O5. The van der Waals surface area contributed by atoms with Crippen molar-refractivity contribution in [2.24, 2.45) is 5.41 Å². The molecule has 0 aromatic carbocycles. The number of piperidine rings is 2. The number of aliphatic hydroxyl groups is 1. The molecule has 2 aliphatic heterocycles. The number of nitrogens with one attached hydrogen (secondary N) is 1. The highest BCUT2D eigenvalue weighted by molar-refractivity contribution is 5.91. The molecule has 0 spiro atoms. The van der Waals surface area contributed by atoms with Gasteiger partial charge in [0.1, 0.15) is 12.7 Å². The molecule has 13 nitrogen and oxygen atoms in total. The van der Waals surface area contributed by atoms with Crippen LogP contribution in [0.4, 0.5) is 0 Å². The first kappa shape index (κ1) is 22.3. The van der Waals surface area contributed by atoms with Crippen molar-refractivity contribution in [3.05, 3.63) is 18.5 Å². The molecule has 2 atom stereocenters. The number of likely N-dealkylation sites (tertiary alicyclic amines) is 2. The normalized spacial score (nSPS) is 22.8. The van der Waals surface area contributed by atoms with Crippen LogP contribution in [0.3, 0.4) is 0 Å². The van der Waals surface area contributed by atoms with Gasteiger partial charge in [-0.1, -0.05) is 6.92 Å². The van der Waals surface area contributed by atoms with Gasteiger partial charge < -0.3 is 20.0 Å². The molecule has 2 aliphatic rings. The molecule has 4 rings (SSSR count). The monoisotopic (exact) mass is 434 g/mol. The lowest BCUT2D eigenvalue weighted by Crippen LogP contribution is -2.64. The van der Waals surface area contributed by atoms with Gasteiger partial charge in [-0.15, -0.1) is 15.3 Å². The Kier molecular flexibility index (Phi) is 6.95. The Morgan fingerprint density at radius 1 is 1.29 bits per heavy atom. The highest BCUT2D eigenvalue weighted by Crippen LogP contribution is 2.42. The third-order valence-corrected chi connectivity index (χ3v) is 5.99. The highest BCUT2D eigenvalue weighted by Gasteiger charge is 2.50. The van der Waals surface area contributed by atoms with Gasteiger partial charge in [0.2, 0.25) is 11.7 Å². The maximum Gasteiger partial charge on any atom is 0.291 e. The first-order valence-electron chi connectivity index (χ1n) is 10.0. The number of aromatic nitrogens is 6. The van der Waals surface area contributed by atoms with E-state index in [9.17, 15) is 14.7 Å². The maximum absolute atomic E-state index is 13.2. The lowest BCUT2D eigenvalue weighted by molar-refractivity contribution is -0.139. The van der Waals surface area contributed by atoms with E-state index in [-0.39, 0.29) is 48.1 Å². The molecule has 2 aromatic heterocycles. The van der Waals surface area contributed by atoms with Crippen molar-refractivity contribution in [2.45, 2.75) is 38.6 Å². The van der Waals surface area contributed by atoms with Crippen LogP contribution in [0.2, 0.25) is 0 Å². The van der Waals surface area contributed by atoms with Crippen LogP contribution >= 0.6 is 0 Å². The number of hydrogen-bond donors (Lipinski definition) is 3. The molecule has 2 amide bonds. The van der Waals surface area contributed by atoms with E-state index in [2.05, 4.69) is 25.4 Å². The van der Waals surface area contributed by atoms with Crippen LogP contribution in [-0.4, -0.2) is 101 Å². The SMILES string of the molecule is CCC(=O)N1CC[C@]2(CO)CCCN(C(=O)c3nc(-n4cnnc4)n[nH]3)[C@H]2C1.O=CO. The van der Waals surface area contributed by atoms with Crippen molar-refractivity contribution in [2.75, 3.05) is 26.2 Å². The fourth-order valence-electron chi connectivity index (χ4n) is 4.36. The smallest absolute Gasteiger partial charge is 0.291 e. The first-order valence-corrected chi connectivity index (χ1v) is 10.0. The number of fused-ring (bicyclic) bond motifs is 1. The molecule has 168 valence electrons. The minimum absolute atomic E-state index is 0.00202. The van der Waals surface area contributed by atoms with Crippen molar-refractivity contribution >= 4 is 18.3 Å². The number of hydrogen-bond acceptors (Lipinski definition) is 8. The predicted molar refractivity (Wildman–Crippen MR) is 105 cm³/mol. The van der Waals surface area contributed by atoms with E-state index in [1.54, 1.807) is 9.80 Å². The van der Waals surface area contributed by atoms with Gasteiger partial charge >= 0.3 is 0 Å². The predicted octanol–water partition coefficient (Wildman–Crippen LogP) is -0.688. The molecule has 3 N–H and O–H groups in total. The number of carboxylic acid groups (broad SMARTS) is 1. The number of carbonyl (C=O) groups is 3. The van der Waals surface area contributed by atoms with E-state index in [4.69, 9.17) is 9.90 Å². The standard InChI is InChI=1S/C17H24N8O3.CH2O2/c1-2-13(27)23-7-5-17(9-26)4-3-6-25(12(17)8-23)15(28)14-20-16(22-21-14)24-10-18-19-11-24;2-1-3/h10-12,26H,2-9H2,1H3,(H,20,21,22);1H,(H,2,3)/t12-,17-;/m0./s1. The molecular weight excluding hydrogens is 408 g/mol. The number of nitrogens with zero attached hydrogens (tertiary/aromatic N) is 7. The quantitative estimate of drug-likeness (QED) is 0.527. The lowest BCUT2D eigenvalue weighted by atomic mass is 9.69. The van der Waals surface area contributed by atoms with Crippen molar-refractivity contribution in [3.8, 4) is 5.95 Å². The summed E-state index contributed by atoms with van der Waals surface area (Å²) in [6.45, 7) is 3.19. The second-order valence-corrected chi connectivity index (χ2v) is 7.54. The largest absolute Gasteiger partial charge is 0.483 e. The van der Waals surface area contributed by atoms with Crippen LogP contribution in [0.5, 0.6) is 0 Å². The highest BCUT2D eigenvalue weighted by atomic mass is 16.3. The van der Waals surface area contributed by atoms with Gasteiger partial charge in [0.15, 0.2) is 0 Å². The molecule has 2 saturated heterocycles. The van der Waals surface area contributed by atoms with Crippen molar-refractivity contribution in [1.82, 2.24) is 39.7 Å². The molecule has 0 unspecified atom stereocenters. The first-order chi connectivity index (χ1) is 15.0. The summed E-state index contributed by atoms with van der Waals surface area (Å²) in [5, 5.41) is 31.2. The van der Waals surface area contributed by atoms with Crippen LogP contribution in [0.25, 0.3) is 5.95 Å². The van der Waals surface area contributed by atoms with Crippen LogP contribution in [0.1, 0.15) is 43.2 Å². The van der Waals surface area contributed by atoms with Gasteiger partial charge in [0.05, 0.1) is 12.6 Å². The molecule has 2 aromatic rings. The summed E-state index contributed by atoms with van der Waals surface area (Å²) in [5.74, 6) is 0.195. The fraction of sp³-hybridized carbons (Fsp3) is 0.611. The summed E-state index contributed by atoms with van der Waals surface area (Å²) < 4.78 is 1.50. The van der Waals surface area contributed by atoms with Crippen molar-refractivity contribution in [3.63, 3.8) is 0 Å². The number of carbonyl (C=O) groups excluding carboxylic acids is 2. The second kappa shape index (κ2) is 9.64. The number of aliphatic hydroxyl groups excluding tert-OH is 1. The van der Waals surface area contributed by atoms with Gasteiger partial charge in [-0.25, -0.2) is 0 Å². The number of H-pyrrole nitrogens is 1. The van der Waals surface area contributed by atoms with E-state index in [1.165, 1.54) is 17.2 Å². The summed E-state index contributed by atoms with van der Waals surface area (Å²) in [7, 11) is 0. The van der Waals surface area contributed by atoms with E-state index in [0.29, 0.717) is 32.5 Å². The minimum Gasteiger partial charge on any atom is -0.483 e. The Bertz CT molecular complexity index is 901. The van der Waals surface area contributed by atoms with Crippen LogP contribution in [-0.2, 0) is 9.59 Å². The van der Waals surface area contributed by atoms with E-state index >= 15 is 0 Å². The lowest BCUT2D eigenvalue weighted by Gasteiger charge is -2.54. The molecule has 4 heterocycles. The molecule has 0 saturated carbocycles. The summed E-state index contributed by atoms with van der Waals surface area (Å²) in [5.41, 5.74) is -0.379. The number of aromatic amines is 1. The third kappa shape index (κ3) is 4.40. The maximum atomic E-state index is 13.2. The molecule has 0 radical (unpaired) electrons. The summed E-state index contributed by atoms with van der Waals surface area (Å²) in [6, 6.07) is -0.244. The average Bonchev–Trinajstić information content (AvgIpc) is 3.49. The van der Waals surface area contributed by atoms with Crippen LogP contribution in [0, 0.1) is 5.41 Å². The van der Waals surface area contributed by atoms with E-state index in [0.717, 1.165) is 12.8 Å². The van der Waals surface area contributed by atoms with Crippen LogP contribution in [0.15, 0.2) is 12.7 Å². The molecule has 13 heteroatoms. The van der Waals surface area contributed by atoms with Gasteiger partial charge in [-0.2, -0.15) is 4.98 Å². The Hall–Kier alpha value is -3.35. The molecule has 0 aliphatic carbocycles. The van der Waals surface area contributed by atoms with Crippen molar-refractivity contribution < 1.29 is 24.6 Å². The second-order valence-electron chi connectivity index (χ2n) is 7.54. The average molecular weight is 434 g/mol. The van der Waals surface area contributed by atoms with E-state index < -0.39 is 0 Å². The van der Waals surface area contributed by atoms with Gasteiger partial charge in [-0.05, 0) is 19.3 Å². The fourth-order valence-corrected chi connectivity index (χ4v) is 4.36. The third-order valence-electron chi connectivity index (χ3n) is 5.99. The Morgan fingerprint density at radius 2 is 2.00 bits per heavy atom. The van der Waals surface area contributed by atoms with Gasteiger partial charge in [0, 0.05) is 31.5 Å². The van der Waals surface area contributed by atoms with Crippen molar-refractivity contribution in [1.29, 1.82) is 0 Å². The van der Waals surface area contributed by atoms with Gasteiger partial charge in [-0.3, -0.25) is 24.0 Å². The zero-order valence-corrected chi connectivity index (χ0v) is 17.2. The van der Waals surface area contributed by atoms with Crippen LogP contribution < -0.4 is 0 Å². The Balaban J connectivity index is 0.000000858. The molecule has 2 fully saturated rings. The number of rotatable bonds is 4. The zero-order valence-electron chi connectivity index (χ0n) is 17.2. The Labute approximate surface area is 178 Å². The minimum atomic E-state index is -0.379.